The maximum absolute atomic E-state index is 12.6. The summed E-state index contributed by atoms with van der Waals surface area (Å²) in [5.74, 6) is 1.73. The molecule has 2 atom stereocenters. The molecule has 2 fully saturated rings. The third-order valence-corrected chi connectivity index (χ3v) is 3.70. The summed E-state index contributed by atoms with van der Waals surface area (Å²) in [6.07, 6.45) is 5.88. The Kier molecular flexibility index (Phi) is 2.56. The lowest BCUT2D eigenvalue weighted by molar-refractivity contribution is 0.0610. The third kappa shape index (κ3) is 2.58. The van der Waals surface area contributed by atoms with E-state index in [0.717, 1.165) is 24.7 Å². The lowest BCUT2D eigenvalue weighted by Crippen LogP contribution is -2.21. The quantitative estimate of drug-likeness (QED) is 0.654. The van der Waals surface area contributed by atoms with E-state index in [1.807, 2.05) is 0 Å². The van der Waals surface area contributed by atoms with E-state index in [2.05, 4.69) is 12.6 Å². The van der Waals surface area contributed by atoms with Gasteiger partial charge in [-0.2, -0.15) is 8.78 Å². The van der Waals surface area contributed by atoms with E-state index >= 15 is 0 Å². The predicted molar refractivity (Wildman–Crippen MR) is 52.1 cm³/mol. The highest BCUT2D eigenvalue weighted by molar-refractivity contribution is 7.81. The lowest BCUT2D eigenvalue weighted by Gasteiger charge is -2.28. The van der Waals surface area contributed by atoms with Crippen molar-refractivity contribution in [3.8, 4) is 0 Å². The number of halogens is 2. The second-order valence-electron chi connectivity index (χ2n) is 4.75. The second-order valence-corrected chi connectivity index (χ2v) is 5.41. The molecule has 76 valence electrons. The van der Waals surface area contributed by atoms with E-state index in [9.17, 15) is 8.78 Å². The summed E-state index contributed by atoms with van der Waals surface area (Å²) < 4.78 is 25.3. The Morgan fingerprint density at radius 3 is 2.08 bits per heavy atom. The van der Waals surface area contributed by atoms with Gasteiger partial charge in [-0.1, -0.05) is 12.8 Å². The molecule has 13 heavy (non-hydrogen) atoms. The summed E-state index contributed by atoms with van der Waals surface area (Å²) in [5.41, 5.74) is 0. The average molecular weight is 206 g/mol. The zero-order valence-corrected chi connectivity index (χ0v) is 8.57. The Bertz CT molecular complexity index is 176. The Hall–Kier alpha value is 0.210. The van der Waals surface area contributed by atoms with Crippen LogP contribution in [0.5, 0.6) is 0 Å². The number of thiol groups is 1. The predicted octanol–water partition coefficient (Wildman–Crippen LogP) is 3.73. The minimum Gasteiger partial charge on any atom is -0.195 e. The molecule has 0 aromatic rings. The first-order valence-electron chi connectivity index (χ1n) is 5.13. The van der Waals surface area contributed by atoms with Crippen LogP contribution in [0.3, 0.4) is 0 Å². The van der Waals surface area contributed by atoms with Crippen LogP contribution >= 0.6 is 12.6 Å². The van der Waals surface area contributed by atoms with Gasteiger partial charge in [0.2, 0.25) is 0 Å². The highest BCUT2D eigenvalue weighted by Gasteiger charge is 2.37. The highest BCUT2D eigenvalue weighted by Crippen LogP contribution is 2.47. The van der Waals surface area contributed by atoms with Crippen LogP contribution in [0.15, 0.2) is 0 Å². The van der Waals surface area contributed by atoms with Crippen molar-refractivity contribution >= 4 is 12.6 Å². The van der Waals surface area contributed by atoms with Gasteiger partial charge < -0.3 is 0 Å². The molecule has 0 aliphatic heterocycles. The monoisotopic (exact) mass is 206 g/mol. The Morgan fingerprint density at radius 2 is 1.62 bits per heavy atom. The van der Waals surface area contributed by atoms with Crippen LogP contribution in [0.25, 0.3) is 0 Å². The number of hydrogen-bond donors (Lipinski definition) is 1. The molecule has 0 spiro atoms. The van der Waals surface area contributed by atoms with Gasteiger partial charge in [0.25, 0.3) is 5.25 Å². The zero-order valence-electron chi connectivity index (χ0n) is 7.68. The number of hydrogen-bond acceptors (Lipinski definition) is 1. The zero-order chi connectivity index (χ0) is 9.47. The third-order valence-electron chi connectivity index (χ3n) is 3.52. The molecule has 0 saturated heterocycles. The van der Waals surface area contributed by atoms with E-state index in [1.54, 1.807) is 0 Å². The van der Waals surface area contributed by atoms with Crippen LogP contribution in [-0.4, -0.2) is 5.25 Å². The molecule has 0 heterocycles. The van der Waals surface area contributed by atoms with Crippen molar-refractivity contribution in [3.63, 3.8) is 0 Å². The first-order valence-corrected chi connectivity index (χ1v) is 5.58. The topological polar surface area (TPSA) is 0 Å². The van der Waals surface area contributed by atoms with Gasteiger partial charge in [0.1, 0.15) is 0 Å². The van der Waals surface area contributed by atoms with Crippen LogP contribution in [0, 0.1) is 17.8 Å². The fourth-order valence-corrected chi connectivity index (χ4v) is 3.42. The number of alkyl halides is 2. The molecule has 0 nitrogen and oxygen atoms in total. The van der Waals surface area contributed by atoms with Crippen molar-refractivity contribution in [2.24, 2.45) is 17.8 Å². The van der Waals surface area contributed by atoms with Gasteiger partial charge in [-0.3, -0.25) is 0 Å². The molecule has 0 aromatic carbocycles. The van der Waals surface area contributed by atoms with E-state index in [-0.39, 0.29) is 12.3 Å². The molecule has 0 N–H and O–H groups in total. The molecule has 3 heteroatoms. The summed E-state index contributed by atoms with van der Waals surface area (Å²) in [6, 6.07) is 0. The molecule has 2 bridgehead atoms. The van der Waals surface area contributed by atoms with Gasteiger partial charge in [0.15, 0.2) is 0 Å². The SMILES string of the molecule is FC(F)(S)CC1CC2CCC(C2)C1. The molecule has 2 saturated carbocycles. The van der Waals surface area contributed by atoms with E-state index in [1.165, 1.54) is 19.3 Å². The van der Waals surface area contributed by atoms with Gasteiger partial charge >= 0.3 is 0 Å². The minimum absolute atomic E-state index is 0.0108. The van der Waals surface area contributed by atoms with Crippen LogP contribution < -0.4 is 0 Å². The summed E-state index contributed by atoms with van der Waals surface area (Å²) >= 11 is 3.31. The molecule has 2 unspecified atom stereocenters. The molecule has 0 radical (unpaired) electrons. The normalized spacial score (nSPS) is 39.5. The smallest absolute Gasteiger partial charge is 0.195 e. The van der Waals surface area contributed by atoms with Crippen LogP contribution in [-0.2, 0) is 0 Å². The van der Waals surface area contributed by atoms with E-state index in [0.29, 0.717) is 0 Å². The van der Waals surface area contributed by atoms with Crippen molar-refractivity contribution in [2.45, 2.75) is 43.8 Å². The van der Waals surface area contributed by atoms with Crippen molar-refractivity contribution in [3.05, 3.63) is 0 Å². The van der Waals surface area contributed by atoms with Crippen molar-refractivity contribution in [1.82, 2.24) is 0 Å². The summed E-state index contributed by atoms with van der Waals surface area (Å²) in [5, 5.41) is -2.75. The van der Waals surface area contributed by atoms with E-state index < -0.39 is 5.25 Å². The number of fused-ring (bicyclic) bond motifs is 2. The molecule has 0 aromatic heterocycles. The van der Waals surface area contributed by atoms with Gasteiger partial charge in [-0.05, 0) is 37.0 Å². The minimum atomic E-state index is -2.75. The van der Waals surface area contributed by atoms with Gasteiger partial charge in [-0.15, -0.1) is 12.6 Å². The molecule has 0 amide bonds. The number of rotatable bonds is 2. The fourth-order valence-electron chi connectivity index (χ4n) is 3.16. The van der Waals surface area contributed by atoms with Gasteiger partial charge in [0, 0.05) is 6.42 Å². The molecular weight excluding hydrogens is 190 g/mol. The molecule has 2 aliphatic carbocycles. The molecular formula is C10H16F2S. The van der Waals surface area contributed by atoms with E-state index in [4.69, 9.17) is 0 Å². The van der Waals surface area contributed by atoms with Crippen molar-refractivity contribution < 1.29 is 8.78 Å². The van der Waals surface area contributed by atoms with Crippen molar-refractivity contribution in [2.75, 3.05) is 0 Å². The second kappa shape index (κ2) is 3.41. The van der Waals surface area contributed by atoms with Crippen molar-refractivity contribution in [1.29, 1.82) is 0 Å². The Balaban J connectivity index is 1.88. The van der Waals surface area contributed by atoms with Crippen LogP contribution in [0.4, 0.5) is 8.78 Å². The first kappa shape index (κ1) is 9.75. The molecule has 2 rings (SSSR count). The van der Waals surface area contributed by atoms with Gasteiger partial charge in [0.05, 0.1) is 0 Å². The molecule has 2 aliphatic rings. The summed E-state index contributed by atoms with van der Waals surface area (Å²) in [7, 11) is 0. The average Bonchev–Trinajstić information content (AvgIpc) is 2.27. The standard InChI is InChI=1S/C10H16F2S/c11-10(12,13)6-9-4-7-1-2-8(3-7)5-9/h7-9,13H,1-6H2. The maximum Gasteiger partial charge on any atom is 0.291 e. The van der Waals surface area contributed by atoms with Crippen LogP contribution in [0.2, 0.25) is 0 Å². The maximum atomic E-state index is 12.6. The Labute approximate surface area is 83.5 Å². The summed E-state index contributed by atoms with van der Waals surface area (Å²) in [6.45, 7) is 0. The van der Waals surface area contributed by atoms with Gasteiger partial charge in [-0.25, -0.2) is 0 Å². The summed E-state index contributed by atoms with van der Waals surface area (Å²) in [4.78, 5) is 0. The first-order chi connectivity index (χ1) is 6.03. The fraction of sp³-hybridized carbons (Fsp3) is 1.00. The van der Waals surface area contributed by atoms with Crippen LogP contribution in [0.1, 0.15) is 38.5 Å². The lowest BCUT2D eigenvalue weighted by atomic mass is 9.79. The Morgan fingerprint density at radius 1 is 1.08 bits per heavy atom. The highest BCUT2D eigenvalue weighted by atomic mass is 32.1. The largest absolute Gasteiger partial charge is 0.291 e.